The largest absolute Gasteiger partial charge is 0.280 e. The standard InChI is InChI=1S/C30H27F2N3O2S/c1-20-10-13-24(14-11-20)38(36,37)35(23-8-5-9-23)29-25-16-17-30(19-28(25)33-34-29,21-6-3-2-4-7-21)22-12-15-26(31)27(32)18-22/h2-4,6-7,10-18,23H,5,8-9,19H2,1H3,(H,33,34). The third-order valence-corrected chi connectivity index (χ3v) is 9.63. The molecule has 1 atom stereocenters. The summed E-state index contributed by atoms with van der Waals surface area (Å²) in [5.41, 5.74) is 3.13. The number of aromatic nitrogens is 2. The van der Waals surface area contributed by atoms with Gasteiger partial charge in [0.15, 0.2) is 17.5 Å². The van der Waals surface area contributed by atoms with Crippen molar-refractivity contribution in [2.24, 2.45) is 0 Å². The highest BCUT2D eigenvalue weighted by molar-refractivity contribution is 7.92. The van der Waals surface area contributed by atoms with Crippen LogP contribution in [0.2, 0.25) is 0 Å². The third-order valence-electron chi connectivity index (χ3n) is 7.77. The van der Waals surface area contributed by atoms with Crippen LogP contribution in [-0.2, 0) is 21.9 Å². The summed E-state index contributed by atoms with van der Waals surface area (Å²) in [5.74, 6) is -1.45. The highest BCUT2D eigenvalue weighted by Crippen LogP contribution is 2.45. The van der Waals surface area contributed by atoms with E-state index < -0.39 is 27.1 Å². The zero-order valence-electron chi connectivity index (χ0n) is 20.9. The number of anilines is 1. The molecular formula is C30H27F2N3O2S. The van der Waals surface area contributed by atoms with Gasteiger partial charge in [0.1, 0.15) is 0 Å². The van der Waals surface area contributed by atoms with Crippen molar-refractivity contribution in [3.05, 3.63) is 118 Å². The van der Waals surface area contributed by atoms with E-state index in [1.807, 2.05) is 49.4 Å². The molecule has 0 amide bonds. The minimum absolute atomic E-state index is 0.172. The number of rotatable bonds is 6. The van der Waals surface area contributed by atoms with Crippen molar-refractivity contribution >= 4 is 21.9 Å². The van der Waals surface area contributed by atoms with Gasteiger partial charge in [-0.3, -0.25) is 5.10 Å². The van der Waals surface area contributed by atoms with Crippen LogP contribution in [-0.4, -0.2) is 24.7 Å². The van der Waals surface area contributed by atoms with Gasteiger partial charge < -0.3 is 0 Å². The molecule has 1 saturated carbocycles. The van der Waals surface area contributed by atoms with Crippen molar-refractivity contribution in [3.63, 3.8) is 0 Å². The molecular weight excluding hydrogens is 504 g/mol. The summed E-state index contributed by atoms with van der Waals surface area (Å²) in [6.07, 6.45) is 6.68. The maximum atomic E-state index is 14.4. The van der Waals surface area contributed by atoms with Gasteiger partial charge in [0.05, 0.1) is 4.90 Å². The number of benzene rings is 3. The van der Waals surface area contributed by atoms with Gasteiger partial charge in [0.25, 0.3) is 10.0 Å². The Morgan fingerprint density at radius 1 is 0.947 bits per heavy atom. The second-order valence-corrected chi connectivity index (χ2v) is 11.9. The van der Waals surface area contributed by atoms with Crippen LogP contribution < -0.4 is 4.31 Å². The Balaban J connectivity index is 1.47. The fourth-order valence-corrected chi connectivity index (χ4v) is 7.09. The van der Waals surface area contributed by atoms with Gasteiger partial charge in [-0.05, 0) is 61.6 Å². The van der Waals surface area contributed by atoms with Crippen molar-refractivity contribution in [1.82, 2.24) is 10.2 Å². The van der Waals surface area contributed by atoms with E-state index in [0.29, 0.717) is 23.4 Å². The molecule has 0 spiro atoms. The quantitative estimate of drug-likeness (QED) is 0.318. The smallest absolute Gasteiger partial charge is 0.265 e. The van der Waals surface area contributed by atoms with Gasteiger partial charge >= 0.3 is 0 Å². The Morgan fingerprint density at radius 3 is 2.34 bits per heavy atom. The highest BCUT2D eigenvalue weighted by Gasteiger charge is 2.41. The lowest BCUT2D eigenvalue weighted by atomic mass is 9.68. The van der Waals surface area contributed by atoms with Crippen LogP contribution in [0.3, 0.4) is 0 Å². The van der Waals surface area contributed by atoms with Gasteiger partial charge in [-0.25, -0.2) is 21.5 Å². The van der Waals surface area contributed by atoms with Crippen LogP contribution in [0, 0.1) is 18.6 Å². The lowest BCUT2D eigenvalue weighted by molar-refractivity contribution is 0.413. The minimum atomic E-state index is -3.85. The summed E-state index contributed by atoms with van der Waals surface area (Å²) in [6.45, 7) is 1.92. The van der Waals surface area contributed by atoms with Crippen LogP contribution in [0.1, 0.15) is 47.2 Å². The first-order valence-electron chi connectivity index (χ1n) is 12.7. The lowest BCUT2D eigenvalue weighted by Crippen LogP contribution is -2.45. The molecule has 0 saturated heterocycles. The zero-order valence-corrected chi connectivity index (χ0v) is 21.7. The number of aromatic amines is 1. The van der Waals surface area contributed by atoms with Gasteiger partial charge in [0, 0.05) is 29.1 Å². The first-order chi connectivity index (χ1) is 18.3. The number of fused-ring (bicyclic) bond motifs is 1. The fraction of sp³-hybridized carbons (Fsp3) is 0.233. The van der Waals surface area contributed by atoms with Crippen molar-refractivity contribution in [2.75, 3.05) is 4.31 Å². The summed E-state index contributed by atoms with van der Waals surface area (Å²) < 4.78 is 57.4. The number of nitrogens with zero attached hydrogens (tertiary/aromatic N) is 2. The van der Waals surface area contributed by atoms with E-state index in [1.165, 1.54) is 10.4 Å². The van der Waals surface area contributed by atoms with Crippen LogP contribution in [0.5, 0.6) is 0 Å². The molecule has 194 valence electrons. The predicted molar refractivity (Wildman–Crippen MR) is 143 cm³/mol. The van der Waals surface area contributed by atoms with Crippen LogP contribution in [0.4, 0.5) is 14.6 Å². The first kappa shape index (κ1) is 24.6. The second kappa shape index (κ2) is 9.20. The molecule has 0 radical (unpaired) electrons. The molecule has 8 heteroatoms. The van der Waals surface area contributed by atoms with Gasteiger partial charge in [-0.2, -0.15) is 5.10 Å². The van der Waals surface area contributed by atoms with E-state index >= 15 is 0 Å². The van der Waals surface area contributed by atoms with E-state index in [1.54, 1.807) is 30.3 Å². The molecule has 1 N–H and O–H groups in total. The molecule has 0 bridgehead atoms. The SMILES string of the molecule is Cc1ccc(S(=O)(=O)N(c2n[nH]c3c2C=CC(c2ccccc2)(c2ccc(F)c(F)c2)C3)C2CCC2)cc1. The molecule has 2 aliphatic carbocycles. The summed E-state index contributed by atoms with van der Waals surface area (Å²) in [6, 6.07) is 20.3. The van der Waals surface area contributed by atoms with Gasteiger partial charge in [-0.1, -0.05) is 66.2 Å². The Labute approximate surface area is 220 Å². The van der Waals surface area contributed by atoms with E-state index in [0.717, 1.165) is 42.1 Å². The number of halogens is 2. The number of sulfonamides is 1. The van der Waals surface area contributed by atoms with Crippen LogP contribution in [0.25, 0.3) is 6.08 Å². The number of nitrogens with one attached hydrogen (secondary N) is 1. The second-order valence-electron chi connectivity index (χ2n) is 10.1. The topological polar surface area (TPSA) is 66.1 Å². The number of hydrogen-bond acceptors (Lipinski definition) is 3. The third kappa shape index (κ3) is 3.95. The molecule has 2 aliphatic rings. The zero-order chi connectivity index (χ0) is 26.5. The maximum Gasteiger partial charge on any atom is 0.265 e. The molecule has 1 aromatic heterocycles. The Kier molecular flexibility index (Phi) is 5.94. The predicted octanol–water partition coefficient (Wildman–Crippen LogP) is 6.30. The Hall–Kier alpha value is -3.78. The van der Waals surface area contributed by atoms with E-state index in [4.69, 9.17) is 0 Å². The van der Waals surface area contributed by atoms with E-state index in [2.05, 4.69) is 10.2 Å². The maximum absolute atomic E-state index is 14.4. The van der Waals surface area contributed by atoms with Crippen LogP contribution >= 0.6 is 0 Å². The summed E-state index contributed by atoms with van der Waals surface area (Å²) in [4.78, 5) is 0.229. The molecule has 6 rings (SSSR count). The molecule has 4 aromatic rings. The summed E-state index contributed by atoms with van der Waals surface area (Å²) >= 11 is 0. The Morgan fingerprint density at radius 2 is 1.68 bits per heavy atom. The van der Waals surface area contributed by atoms with Gasteiger partial charge in [-0.15, -0.1) is 0 Å². The summed E-state index contributed by atoms with van der Waals surface area (Å²) in [7, 11) is -3.85. The van der Waals surface area contributed by atoms with E-state index in [9.17, 15) is 17.2 Å². The van der Waals surface area contributed by atoms with Crippen molar-refractivity contribution in [3.8, 4) is 0 Å². The highest BCUT2D eigenvalue weighted by atomic mass is 32.2. The van der Waals surface area contributed by atoms with Crippen molar-refractivity contribution in [1.29, 1.82) is 0 Å². The summed E-state index contributed by atoms with van der Waals surface area (Å²) in [5, 5.41) is 7.62. The fourth-order valence-electron chi connectivity index (χ4n) is 5.42. The number of hydrogen-bond donors (Lipinski definition) is 1. The molecule has 38 heavy (non-hydrogen) atoms. The molecule has 0 aliphatic heterocycles. The molecule has 1 fully saturated rings. The molecule has 1 heterocycles. The van der Waals surface area contributed by atoms with Crippen molar-refractivity contribution < 1.29 is 17.2 Å². The van der Waals surface area contributed by atoms with Crippen molar-refractivity contribution in [2.45, 2.75) is 49.0 Å². The number of aryl methyl sites for hydroxylation is 1. The monoisotopic (exact) mass is 531 g/mol. The lowest BCUT2D eigenvalue weighted by Gasteiger charge is -2.38. The van der Waals surface area contributed by atoms with Crippen LogP contribution in [0.15, 0.2) is 83.8 Å². The minimum Gasteiger partial charge on any atom is -0.280 e. The average molecular weight is 532 g/mol. The Bertz CT molecular complexity index is 1630. The number of allylic oxidation sites excluding steroid dienone is 1. The number of H-pyrrole nitrogens is 1. The molecule has 3 aromatic carbocycles. The molecule has 1 unspecified atom stereocenters. The van der Waals surface area contributed by atoms with Gasteiger partial charge in [0.2, 0.25) is 0 Å². The molecule has 5 nitrogen and oxygen atoms in total. The normalized spacial score (nSPS) is 19.1. The van der Waals surface area contributed by atoms with E-state index in [-0.39, 0.29) is 10.9 Å². The first-order valence-corrected chi connectivity index (χ1v) is 14.1. The average Bonchev–Trinajstić information content (AvgIpc) is 3.30.